The molecule has 106 valence electrons. The highest BCUT2D eigenvalue weighted by atomic mass is 19.1. The zero-order valence-electron chi connectivity index (χ0n) is 11.7. The number of amides is 1. The summed E-state index contributed by atoms with van der Waals surface area (Å²) in [6.07, 6.45) is 5.42. The summed E-state index contributed by atoms with van der Waals surface area (Å²) in [5.74, 6) is -0.393. The second-order valence-electron chi connectivity index (χ2n) is 5.44. The van der Waals surface area contributed by atoms with Crippen LogP contribution in [0.2, 0.25) is 0 Å². The molecule has 0 bridgehead atoms. The first-order chi connectivity index (χ1) is 9.61. The molecule has 1 aromatic carbocycles. The number of nitrogens with zero attached hydrogens (tertiary/aromatic N) is 1. The molecule has 1 saturated carbocycles. The Morgan fingerprint density at radius 3 is 2.70 bits per heavy atom. The molecule has 0 spiro atoms. The van der Waals surface area contributed by atoms with Gasteiger partial charge in [0, 0.05) is 5.56 Å². The summed E-state index contributed by atoms with van der Waals surface area (Å²) in [5, 5.41) is 12.0. The van der Waals surface area contributed by atoms with Crippen LogP contribution in [0.1, 0.15) is 48.0 Å². The normalized spacial score (nSPS) is 17.2. The molecule has 1 N–H and O–H groups in total. The topological polar surface area (TPSA) is 52.9 Å². The highest BCUT2D eigenvalue weighted by Gasteiger charge is 2.25. The fraction of sp³-hybridized carbons (Fsp3) is 0.500. The molecule has 0 saturated heterocycles. The van der Waals surface area contributed by atoms with Gasteiger partial charge >= 0.3 is 0 Å². The molecule has 1 unspecified atom stereocenters. The summed E-state index contributed by atoms with van der Waals surface area (Å²) in [6.45, 7) is 1.62. The lowest BCUT2D eigenvalue weighted by atomic mass is 9.84. The maximum absolute atomic E-state index is 13.2. The monoisotopic (exact) mass is 274 g/mol. The average molecular weight is 274 g/mol. The third kappa shape index (κ3) is 3.36. The van der Waals surface area contributed by atoms with Gasteiger partial charge in [0.25, 0.3) is 5.91 Å². The van der Waals surface area contributed by atoms with E-state index in [9.17, 15) is 14.4 Å². The van der Waals surface area contributed by atoms with Crippen molar-refractivity contribution in [3.63, 3.8) is 0 Å². The van der Waals surface area contributed by atoms with Crippen LogP contribution in [0.4, 0.5) is 4.39 Å². The summed E-state index contributed by atoms with van der Waals surface area (Å²) in [7, 11) is 0. The summed E-state index contributed by atoms with van der Waals surface area (Å²) < 4.78 is 13.2. The van der Waals surface area contributed by atoms with Crippen molar-refractivity contribution in [2.45, 2.75) is 45.1 Å². The van der Waals surface area contributed by atoms with Crippen LogP contribution >= 0.6 is 0 Å². The van der Waals surface area contributed by atoms with Crippen LogP contribution in [-0.4, -0.2) is 11.9 Å². The number of benzene rings is 1. The molecule has 1 aliphatic rings. The van der Waals surface area contributed by atoms with E-state index in [1.54, 1.807) is 6.92 Å². The quantitative estimate of drug-likeness (QED) is 0.919. The van der Waals surface area contributed by atoms with Gasteiger partial charge in [-0.2, -0.15) is 5.26 Å². The van der Waals surface area contributed by atoms with Crippen LogP contribution in [0.3, 0.4) is 0 Å². The Bertz CT molecular complexity index is 530. The molecule has 3 nitrogen and oxygen atoms in total. The summed E-state index contributed by atoms with van der Waals surface area (Å²) in [4.78, 5) is 12.1. The van der Waals surface area contributed by atoms with Crippen molar-refractivity contribution >= 4 is 5.91 Å². The third-order valence-electron chi connectivity index (χ3n) is 3.97. The molecule has 1 atom stereocenters. The lowest BCUT2D eigenvalue weighted by molar-refractivity contribution is 0.0929. The first kappa shape index (κ1) is 14.5. The van der Waals surface area contributed by atoms with Gasteiger partial charge in [-0.3, -0.25) is 4.79 Å². The van der Waals surface area contributed by atoms with Crippen LogP contribution in [-0.2, 0) is 0 Å². The molecule has 20 heavy (non-hydrogen) atoms. The fourth-order valence-corrected chi connectivity index (χ4v) is 2.73. The van der Waals surface area contributed by atoms with Crippen molar-refractivity contribution in [3.05, 3.63) is 35.1 Å². The van der Waals surface area contributed by atoms with E-state index in [-0.39, 0.29) is 17.6 Å². The number of halogens is 1. The zero-order valence-corrected chi connectivity index (χ0v) is 11.7. The molecule has 0 radical (unpaired) electrons. The van der Waals surface area contributed by atoms with E-state index in [0.717, 1.165) is 25.7 Å². The highest BCUT2D eigenvalue weighted by molar-refractivity contribution is 5.94. The molecule has 1 fully saturated rings. The van der Waals surface area contributed by atoms with Crippen molar-refractivity contribution in [1.82, 2.24) is 5.32 Å². The van der Waals surface area contributed by atoms with Crippen molar-refractivity contribution in [2.24, 2.45) is 5.92 Å². The fourth-order valence-electron chi connectivity index (χ4n) is 2.73. The summed E-state index contributed by atoms with van der Waals surface area (Å²) in [6, 6.07) is 5.99. The number of nitrogens with one attached hydrogen (secondary N) is 1. The molecule has 1 aliphatic carbocycles. The van der Waals surface area contributed by atoms with Gasteiger partial charge in [0.15, 0.2) is 0 Å². The minimum atomic E-state index is -0.451. The Labute approximate surface area is 118 Å². The third-order valence-corrected chi connectivity index (χ3v) is 3.97. The van der Waals surface area contributed by atoms with Crippen LogP contribution in [0, 0.1) is 30.0 Å². The predicted molar refractivity (Wildman–Crippen MR) is 74.6 cm³/mol. The Morgan fingerprint density at radius 1 is 1.40 bits per heavy atom. The van der Waals surface area contributed by atoms with Crippen LogP contribution < -0.4 is 5.32 Å². The Hall–Kier alpha value is -1.89. The molecule has 1 aromatic rings. The number of hydrogen-bond acceptors (Lipinski definition) is 2. The van der Waals surface area contributed by atoms with Crippen molar-refractivity contribution in [1.29, 1.82) is 5.26 Å². The van der Waals surface area contributed by atoms with E-state index in [0.29, 0.717) is 11.1 Å². The van der Waals surface area contributed by atoms with Gasteiger partial charge < -0.3 is 5.32 Å². The Balaban J connectivity index is 2.05. The van der Waals surface area contributed by atoms with Crippen LogP contribution in [0.5, 0.6) is 0 Å². The number of aryl methyl sites for hydroxylation is 1. The van der Waals surface area contributed by atoms with Gasteiger partial charge in [-0.25, -0.2) is 4.39 Å². The van der Waals surface area contributed by atoms with E-state index in [1.165, 1.54) is 24.6 Å². The lowest BCUT2D eigenvalue weighted by Gasteiger charge is -2.26. The number of rotatable bonds is 3. The van der Waals surface area contributed by atoms with Gasteiger partial charge in [0.05, 0.1) is 6.07 Å². The predicted octanol–water partition coefficient (Wildman–Crippen LogP) is 3.34. The van der Waals surface area contributed by atoms with E-state index in [4.69, 9.17) is 0 Å². The molecule has 0 aliphatic heterocycles. The van der Waals surface area contributed by atoms with Crippen LogP contribution in [0.25, 0.3) is 0 Å². The van der Waals surface area contributed by atoms with Crippen molar-refractivity contribution in [3.8, 4) is 6.07 Å². The maximum Gasteiger partial charge on any atom is 0.252 e. The highest BCUT2D eigenvalue weighted by Crippen LogP contribution is 2.26. The maximum atomic E-state index is 13.2. The molecular formula is C16H19FN2O. The second kappa shape index (κ2) is 6.51. The van der Waals surface area contributed by atoms with Gasteiger partial charge in [0.2, 0.25) is 0 Å². The average Bonchev–Trinajstić information content (AvgIpc) is 2.48. The number of carbonyl (C=O) groups excluding carboxylic acids is 1. The minimum absolute atomic E-state index is 0.235. The lowest BCUT2D eigenvalue weighted by Crippen LogP contribution is -2.40. The van der Waals surface area contributed by atoms with Gasteiger partial charge in [0.1, 0.15) is 11.9 Å². The van der Waals surface area contributed by atoms with Gasteiger partial charge in [-0.1, -0.05) is 19.3 Å². The summed E-state index contributed by atoms with van der Waals surface area (Å²) >= 11 is 0. The molecule has 4 heteroatoms. The number of carbonyl (C=O) groups is 1. The van der Waals surface area contributed by atoms with E-state index < -0.39 is 6.04 Å². The largest absolute Gasteiger partial charge is 0.336 e. The first-order valence-electron chi connectivity index (χ1n) is 7.08. The Kier molecular flexibility index (Phi) is 4.73. The standard InChI is InChI=1S/C16H19FN2O/c1-11-9-13(7-8-14(11)17)16(20)19-15(10-18)12-5-3-2-4-6-12/h7-9,12,15H,2-6H2,1H3,(H,19,20). The molecule has 1 amide bonds. The molecule has 2 rings (SSSR count). The zero-order chi connectivity index (χ0) is 14.5. The first-order valence-corrected chi connectivity index (χ1v) is 7.08. The number of nitriles is 1. The molecule has 0 aromatic heterocycles. The van der Waals surface area contributed by atoms with E-state index in [1.807, 2.05) is 0 Å². The van der Waals surface area contributed by atoms with E-state index >= 15 is 0 Å². The van der Waals surface area contributed by atoms with Crippen molar-refractivity contribution in [2.75, 3.05) is 0 Å². The molecule has 0 heterocycles. The van der Waals surface area contributed by atoms with E-state index in [2.05, 4.69) is 11.4 Å². The Morgan fingerprint density at radius 2 is 2.10 bits per heavy atom. The second-order valence-corrected chi connectivity index (χ2v) is 5.44. The molecular weight excluding hydrogens is 255 g/mol. The van der Waals surface area contributed by atoms with Crippen molar-refractivity contribution < 1.29 is 9.18 Å². The van der Waals surface area contributed by atoms with Crippen LogP contribution in [0.15, 0.2) is 18.2 Å². The smallest absolute Gasteiger partial charge is 0.252 e. The van der Waals surface area contributed by atoms with Gasteiger partial charge in [-0.15, -0.1) is 0 Å². The SMILES string of the molecule is Cc1cc(C(=O)NC(C#N)C2CCCCC2)ccc1F. The van der Waals surface area contributed by atoms with Gasteiger partial charge in [-0.05, 0) is 49.4 Å². The number of hydrogen-bond donors (Lipinski definition) is 1. The summed E-state index contributed by atoms with van der Waals surface area (Å²) in [5.41, 5.74) is 0.837. The minimum Gasteiger partial charge on any atom is -0.336 e.